The lowest BCUT2D eigenvalue weighted by Crippen LogP contribution is -2.39. The molecule has 0 unspecified atom stereocenters. The molecule has 0 saturated heterocycles. The molecule has 2 N–H and O–H groups in total. The van der Waals surface area contributed by atoms with Crippen LogP contribution in [0.15, 0.2) is 65.2 Å². The molecule has 8 heteroatoms. The fraction of sp³-hybridized carbons (Fsp3) is 0.0833. The van der Waals surface area contributed by atoms with Gasteiger partial charge in [-0.05, 0) is 30.2 Å². The summed E-state index contributed by atoms with van der Waals surface area (Å²) in [5.74, 6) is -1.36. The Labute approximate surface area is 187 Å². The Bertz CT molecular complexity index is 1470. The summed E-state index contributed by atoms with van der Waals surface area (Å²) < 4.78 is 6.03. The molecule has 0 fully saturated rings. The average molecular weight is 443 g/mol. The molecule has 2 aromatic carbocycles. The van der Waals surface area contributed by atoms with Gasteiger partial charge in [0.1, 0.15) is 9.71 Å². The number of carbonyl (C=O) groups is 1. The van der Waals surface area contributed by atoms with Crippen LogP contribution in [0.25, 0.3) is 27.2 Å². The van der Waals surface area contributed by atoms with E-state index in [1.807, 2.05) is 62.4 Å². The van der Waals surface area contributed by atoms with Crippen molar-refractivity contribution in [2.75, 3.05) is 5.73 Å². The molecule has 5 aromatic rings. The Morgan fingerprint density at radius 1 is 1.09 bits per heavy atom. The summed E-state index contributed by atoms with van der Waals surface area (Å²) in [6.45, 7) is 3.90. The number of nitrogen functional groups attached to an aromatic ring is 1. The van der Waals surface area contributed by atoms with Crippen LogP contribution < -0.4 is 15.5 Å². The summed E-state index contributed by atoms with van der Waals surface area (Å²) in [6.07, 6.45) is 0. The van der Waals surface area contributed by atoms with Gasteiger partial charge in [-0.2, -0.15) is 0 Å². The second-order valence-electron chi connectivity index (χ2n) is 7.50. The predicted molar refractivity (Wildman–Crippen MR) is 120 cm³/mol. The fourth-order valence-electron chi connectivity index (χ4n) is 3.61. The number of fused-ring (bicyclic) bond motifs is 1. The monoisotopic (exact) mass is 442 g/mol. The van der Waals surface area contributed by atoms with E-state index in [1.165, 1.54) is 4.68 Å². The second-order valence-corrected chi connectivity index (χ2v) is 8.50. The lowest BCUT2D eigenvalue weighted by Gasteiger charge is -2.05. The number of benzene rings is 2. The molecule has 0 radical (unpaired) electrons. The van der Waals surface area contributed by atoms with Crippen molar-refractivity contribution in [1.82, 2.24) is 10.3 Å². The average Bonchev–Trinajstić information content (AvgIpc) is 3.34. The fourth-order valence-corrected chi connectivity index (χ4v) is 4.62. The molecule has 0 aliphatic rings. The molecule has 0 bridgehead atoms. The van der Waals surface area contributed by atoms with Crippen LogP contribution in [-0.2, 0) is 0 Å². The van der Waals surface area contributed by atoms with Gasteiger partial charge in [0, 0.05) is 23.1 Å². The van der Waals surface area contributed by atoms with Gasteiger partial charge < -0.3 is 15.4 Å². The van der Waals surface area contributed by atoms with Gasteiger partial charge in [-0.25, -0.2) is 4.98 Å². The van der Waals surface area contributed by atoms with Crippen LogP contribution in [0.3, 0.4) is 0 Å². The molecular weight excluding hydrogens is 424 g/mol. The van der Waals surface area contributed by atoms with Crippen molar-refractivity contribution < 1.29 is 19.1 Å². The number of nitrogens with two attached hydrogens (primary N) is 1. The Morgan fingerprint density at radius 3 is 2.53 bits per heavy atom. The molecule has 0 spiro atoms. The van der Waals surface area contributed by atoms with Crippen LogP contribution in [-0.4, -0.2) is 16.0 Å². The Hall–Kier alpha value is -4.04. The Morgan fingerprint density at radius 2 is 1.81 bits per heavy atom. The van der Waals surface area contributed by atoms with Gasteiger partial charge in [0.05, 0.1) is 16.7 Å². The summed E-state index contributed by atoms with van der Waals surface area (Å²) in [5.41, 5.74) is 10.8. The predicted octanol–water partition coefficient (Wildman–Crippen LogP) is 3.73. The Kier molecular flexibility index (Phi) is 4.71. The van der Waals surface area contributed by atoms with E-state index in [9.17, 15) is 9.90 Å². The number of aryl methyl sites for hydroxylation is 2. The number of hydrogen-bond acceptors (Lipinski definition) is 7. The third-order valence-electron chi connectivity index (χ3n) is 5.27. The van der Waals surface area contributed by atoms with Gasteiger partial charge in [0.15, 0.2) is 5.95 Å². The molecule has 5 rings (SSSR count). The number of hydrogen-bond donors (Lipinski definition) is 1. The standard InChI is InChI=1S/C24H18N4O3S/c1-13-8-10-16(11-9-13)28-20(24(30)31-27-28)21(29)22-18(25)17-12-14(2)19(26-23(17)32-22)15-6-4-3-5-7-15/h3-12H,1-2H3,(H2-,25,27,29,30). The number of ketones is 1. The van der Waals surface area contributed by atoms with Crippen LogP contribution in [0.5, 0.6) is 5.95 Å². The van der Waals surface area contributed by atoms with Gasteiger partial charge >= 0.3 is 5.69 Å². The first-order valence-corrected chi connectivity index (χ1v) is 10.7. The molecule has 0 atom stereocenters. The van der Waals surface area contributed by atoms with Crippen molar-refractivity contribution in [2.45, 2.75) is 13.8 Å². The zero-order valence-electron chi connectivity index (χ0n) is 17.3. The lowest BCUT2D eigenvalue weighted by atomic mass is 10.1. The maximum atomic E-state index is 13.4. The van der Waals surface area contributed by atoms with E-state index >= 15 is 0 Å². The first kappa shape index (κ1) is 19.9. The molecule has 3 aromatic heterocycles. The maximum Gasteiger partial charge on any atom is 0.312 e. The van der Waals surface area contributed by atoms with E-state index in [2.05, 4.69) is 5.27 Å². The molecule has 0 aliphatic carbocycles. The van der Waals surface area contributed by atoms with Crippen molar-refractivity contribution in [1.29, 1.82) is 0 Å². The van der Waals surface area contributed by atoms with Crippen LogP contribution in [0.1, 0.15) is 26.5 Å². The van der Waals surface area contributed by atoms with Crippen molar-refractivity contribution in [3.05, 3.63) is 82.4 Å². The number of pyridine rings is 1. The van der Waals surface area contributed by atoms with E-state index in [1.54, 1.807) is 12.1 Å². The van der Waals surface area contributed by atoms with Crippen LogP contribution in [0, 0.1) is 13.8 Å². The van der Waals surface area contributed by atoms with Gasteiger partial charge in [0.2, 0.25) is 5.69 Å². The topological polar surface area (TPSA) is 109 Å². The summed E-state index contributed by atoms with van der Waals surface area (Å²) in [6, 6.07) is 19.0. The zero-order chi connectivity index (χ0) is 22.4. The van der Waals surface area contributed by atoms with E-state index in [4.69, 9.17) is 15.2 Å². The summed E-state index contributed by atoms with van der Waals surface area (Å²) in [5, 5.41) is 16.8. The van der Waals surface area contributed by atoms with E-state index in [0.29, 0.717) is 21.6 Å². The molecule has 3 heterocycles. The van der Waals surface area contributed by atoms with E-state index in [0.717, 1.165) is 33.7 Å². The number of carbonyl (C=O) groups excluding carboxylic acids is 1. The smallest absolute Gasteiger partial charge is 0.312 e. The SMILES string of the molecule is Cc1ccc(-[n+]2noc([O-])c2C(=O)c2sc3nc(-c4ccccc4)c(C)cc3c2N)cc1. The highest BCUT2D eigenvalue weighted by molar-refractivity contribution is 7.21. The first-order chi connectivity index (χ1) is 15.4. The minimum atomic E-state index is -0.818. The van der Waals surface area contributed by atoms with Crippen LogP contribution >= 0.6 is 11.3 Å². The minimum Gasteiger partial charge on any atom is -0.539 e. The number of anilines is 1. The Balaban J connectivity index is 1.63. The third-order valence-corrected chi connectivity index (χ3v) is 6.38. The van der Waals surface area contributed by atoms with Crippen LogP contribution in [0.2, 0.25) is 0 Å². The highest BCUT2D eigenvalue weighted by Gasteiger charge is 2.32. The number of thiophene rings is 1. The minimum absolute atomic E-state index is 0.202. The lowest BCUT2D eigenvalue weighted by molar-refractivity contribution is -0.672. The second kappa shape index (κ2) is 7.58. The highest BCUT2D eigenvalue weighted by atomic mass is 32.1. The quantitative estimate of drug-likeness (QED) is 0.336. The van der Waals surface area contributed by atoms with Crippen molar-refractivity contribution in [2.24, 2.45) is 0 Å². The number of rotatable bonds is 4. The molecular formula is C24H18N4O3S. The number of aromatic nitrogens is 3. The molecule has 7 nitrogen and oxygen atoms in total. The van der Waals surface area contributed by atoms with Gasteiger partial charge in [-0.3, -0.25) is 4.79 Å². The molecule has 158 valence electrons. The summed E-state index contributed by atoms with van der Waals surface area (Å²) in [4.78, 5) is 19.0. The normalized spacial score (nSPS) is 11.2. The highest BCUT2D eigenvalue weighted by Crippen LogP contribution is 2.37. The van der Waals surface area contributed by atoms with Crippen molar-refractivity contribution in [3.8, 4) is 22.9 Å². The van der Waals surface area contributed by atoms with Gasteiger partial charge in [-0.1, -0.05) is 48.0 Å². The van der Waals surface area contributed by atoms with Gasteiger partial charge in [-0.15, -0.1) is 11.3 Å². The van der Waals surface area contributed by atoms with E-state index < -0.39 is 11.7 Å². The largest absolute Gasteiger partial charge is 0.539 e. The molecule has 0 amide bonds. The third kappa shape index (κ3) is 3.21. The maximum absolute atomic E-state index is 13.4. The summed E-state index contributed by atoms with van der Waals surface area (Å²) in [7, 11) is 0. The van der Waals surface area contributed by atoms with Gasteiger partial charge in [0.25, 0.3) is 5.78 Å². The molecule has 32 heavy (non-hydrogen) atoms. The first-order valence-electron chi connectivity index (χ1n) is 9.90. The van der Waals surface area contributed by atoms with E-state index in [-0.39, 0.29) is 10.6 Å². The molecule has 0 aliphatic heterocycles. The zero-order valence-corrected chi connectivity index (χ0v) is 18.1. The van der Waals surface area contributed by atoms with Crippen molar-refractivity contribution in [3.63, 3.8) is 0 Å². The summed E-state index contributed by atoms with van der Waals surface area (Å²) >= 11 is 1.16. The molecule has 0 saturated carbocycles. The van der Waals surface area contributed by atoms with Crippen LogP contribution in [0.4, 0.5) is 5.69 Å². The van der Waals surface area contributed by atoms with Crippen molar-refractivity contribution >= 4 is 33.0 Å². The number of nitrogens with zero attached hydrogens (tertiary/aromatic N) is 3.